The normalized spacial score (nSPS) is 27.9. The van der Waals surface area contributed by atoms with Gasteiger partial charge in [0.15, 0.2) is 0 Å². The van der Waals surface area contributed by atoms with Crippen LogP contribution in [0.4, 0.5) is 0 Å². The second kappa shape index (κ2) is 7.21. The number of aliphatic hydroxyl groups is 1. The van der Waals surface area contributed by atoms with Crippen molar-refractivity contribution in [2.24, 2.45) is 5.92 Å². The van der Waals surface area contributed by atoms with Gasteiger partial charge in [0.05, 0.1) is 12.7 Å². The molecule has 0 heterocycles. The van der Waals surface area contributed by atoms with Crippen LogP contribution in [0.25, 0.3) is 0 Å². The van der Waals surface area contributed by atoms with Gasteiger partial charge >= 0.3 is 0 Å². The van der Waals surface area contributed by atoms with Crippen LogP contribution >= 0.6 is 0 Å². The minimum atomic E-state index is 0.246. The Kier molecular flexibility index (Phi) is 6.15. The van der Waals surface area contributed by atoms with Crippen molar-refractivity contribution >= 4 is 0 Å². The van der Waals surface area contributed by atoms with Gasteiger partial charge in [-0.2, -0.15) is 0 Å². The van der Waals surface area contributed by atoms with Crippen molar-refractivity contribution in [3.63, 3.8) is 0 Å². The van der Waals surface area contributed by atoms with E-state index in [2.05, 4.69) is 5.32 Å². The van der Waals surface area contributed by atoms with E-state index in [1.165, 1.54) is 32.1 Å². The molecule has 0 unspecified atom stereocenters. The van der Waals surface area contributed by atoms with E-state index < -0.39 is 0 Å². The van der Waals surface area contributed by atoms with Crippen LogP contribution in [0.1, 0.15) is 32.1 Å². The highest BCUT2D eigenvalue weighted by molar-refractivity contribution is 4.73. The predicted octanol–water partition coefficient (Wildman–Crippen LogP) is 1.16. The van der Waals surface area contributed by atoms with Crippen LogP contribution in [0.3, 0.4) is 0 Å². The van der Waals surface area contributed by atoms with E-state index in [-0.39, 0.29) is 6.61 Å². The summed E-state index contributed by atoms with van der Waals surface area (Å²) in [5, 5.41) is 11.8. The first-order valence-corrected chi connectivity index (χ1v) is 5.71. The van der Waals surface area contributed by atoms with Crippen molar-refractivity contribution in [3.8, 4) is 0 Å². The molecular weight excluding hydrogens is 178 g/mol. The van der Waals surface area contributed by atoms with Crippen molar-refractivity contribution in [1.29, 1.82) is 0 Å². The maximum Gasteiger partial charge on any atom is 0.0571 e. The van der Waals surface area contributed by atoms with E-state index in [9.17, 15) is 0 Å². The second-order valence-electron chi connectivity index (χ2n) is 4.14. The van der Waals surface area contributed by atoms with Crippen LogP contribution < -0.4 is 5.32 Å². The van der Waals surface area contributed by atoms with E-state index in [1.807, 2.05) is 7.11 Å². The molecule has 1 fully saturated rings. The molecule has 1 saturated carbocycles. The van der Waals surface area contributed by atoms with Gasteiger partial charge in [-0.25, -0.2) is 0 Å². The minimum Gasteiger partial charge on any atom is -0.395 e. The topological polar surface area (TPSA) is 41.5 Å². The number of aliphatic hydroxyl groups excluding tert-OH is 1. The average molecular weight is 201 g/mol. The number of rotatable bonds is 6. The Bertz CT molecular complexity index is 133. The number of methoxy groups -OCH3 is 1. The van der Waals surface area contributed by atoms with E-state index >= 15 is 0 Å². The minimum absolute atomic E-state index is 0.246. The summed E-state index contributed by atoms with van der Waals surface area (Å²) in [4.78, 5) is 0. The monoisotopic (exact) mass is 201 g/mol. The lowest BCUT2D eigenvalue weighted by Gasteiger charge is -2.27. The molecular formula is C11H23NO2. The first-order chi connectivity index (χ1) is 6.86. The zero-order valence-corrected chi connectivity index (χ0v) is 9.17. The molecule has 0 aliphatic heterocycles. The van der Waals surface area contributed by atoms with Gasteiger partial charge in [-0.3, -0.25) is 0 Å². The van der Waals surface area contributed by atoms with Gasteiger partial charge in [0.2, 0.25) is 0 Å². The highest BCUT2D eigenvalue weighted by Gasteiger charge is 2.19. The van der Waals surface area contributed by atoms with Crippen molar-refractivity contribution < 1.29 is 9.84 Å². The largest absolute Gasteiger partial charge is 0.395 e. The molecule has 0 radical (unpaired) electrons. The Hall–Kier alpha value is -0.120. The standard InChI is InChI=1S/C11H23NO2/c1-14-11-4-2-10(3-5-11)6-7-12-8-9-13/h10-13H,2-9H2,1H3. The molecule has 1 aliphatic carbocycles. The summed E-state index contributed by atoms with van der Waals surface area (Å²) in [6, 6.07) is 0. The molecule has 3 heteroatoms. The van der Waals surface area contributed by atoms with E-state index in [1.54, 1.807) is 0 Å². The summed E-state index contributed by atoms with van der Waals surface area (Å²) in [6.07, 6.45) is 6.81. The molecule has 0 aromatic rings. The van der Waals surface area contributed by atoms with Crippen LogP contribution in [0, 0.1) is 5.92 Å². The zero-order valence-electron chi connectivity index (χ0n) is 9.17. The van der Waals surface area contributed by atoms with Gasteiger partial charge in [-0.05, 0) is 44.6 Å². The van der Waals surface area contributed by atoms with Gasteiger partial charge in [0.1, 0.15) is 0 Å². The fraction of sp³-hybridized carbons (Fsp3) is 1.00. The Morgan fingerprint density at radius 3 is 2.50 bits per heavy atom. The molecule has 0 saturated heterocycles. The van der Waals surface area contributed by atoms with Gasteiger partial charge in [-0.15, -0.1) is 0 Å². The maximum atomic E-state index is 8.59. The fourth-order valence-corrected chi connectivity index (χ4v) is 2.17. The lowest BCUT2D eigenvalue weighted by molar-refractivity contribution is 0.0556. The molecule has 3 nitrogen and oxygen atoms in total. The van der Waals surface area contributed by atoms with Crippen LogP contribution in [0.2, 0.25) is 0 Å². The number of ether oxygens (including phenoxy) is 1. The van der Waals surface area contributed by atoms with Gasteiger partial charge in [0.25, 0.3) is 0 Å². The summed E-state index contributed by atoms with van der Waals surface area (Å²) in [5.74, 6) is 0.868. The van der Waals surface area contributed by atoms with Crippen LogP contribution in [0.15, 0.2) is 0 Å². The molecule has 0 aromatic carbocycles. The quantitative estimate of drug-likeness (QED) is 0.634. The molecule has 0 spiro atoms. The Balaban J connectivity index is 1.98. The van der Waals surface area contributed by atoms with E-state index in [0.717, 1.165) is 19.0 Å². The number of nitrogens with one attached hydrogen (secondary N) is 1. The Morgan fingerprint density at radius 1 is 1.21 bits per heavy atom. The van der Waals surface area contributed by atoms with Gasteiger partial charge in [0, 0.05) is 13.7 Å². The lowest BCUT2D eigenvalue weighted by atomic mass is 9.85. The third kappa shape index (κ3) is 4.40. The summed E-state index contributed by atoms with van der Waals surface area (Å²) in [7, 11) is 1.81. The highest BCUT2D eigenvalue weighted by Crippen LogP contribution is 2.27. The SMILES string of the molecule is COC1CCC(CCNCCO)CC1. The predicted molar refractivity (Wildman–Crippen MR) is 57.3 cm³/mol. The van der Waals surface area contributed by atoms with E-state index in [0.29, 0.717) is 6.10 Å². The number of hydrogen-bond donors (Lipinski definition) is 2. The second-order valence-corrected chi connectivity index (χ2v) is 4.14. The molecule has 2 N–H and O–H groups in total. The average Bonchev–Trinajstić information content (AvgIpc) is 2.25. The zero-order chi connectivity index (χ0) is 10.2. The molecule has 1 rings (SSSR count). The Morgan fingerprint density at radius 2 is 1.93 bits per heavy atom. The molecule has 0 amide bonds. The van der Waals surface area contributed by atoms with Crippen molar-refractivity contribution in [2.45, 2.75) is 38.2 Å². The van der Waals surface area contributed by atoms with Crippen molar-refractivity contribution in [1.82, 2.24) is 5.32 Å². The highest BCUT2D eigenvalue weighted by atomic mass is 16.5. The van der Waals surface area contributed by atoms with E-state index in [4.69, 9.17) is 9.84 Å². The third-order valence-electron chi connectivity index (χ3n) is 3.15. The van der Waals surface area contributed by atoms with Crippen LogP contribution in [0.5, 0.6) is 0 Å². The first kappa shape index (κ1) is 12.0. The third-order valence-corrected chi connectivity index (χ3v) is 3.15. The maximum absolute atomic E-state index is 8.59. The Labute approximate surface area is 86.8 Å². The fourth-order valence-electron chi connectivity index (χ4n) is 2.17. The van der Waals surface area contributed by atoms with Crippen molar-refractivity contribution in [3.05, 3.63) is 0 Å². The summed E-state index contributed by atoms with van der Waals surface area (Å²) in [5.41, 5.74) is 0. The van der Waals surface area contributed by atoms with Crippen molar-refractivity contribution in [2.75, 3.05) is 26.8 Å². The van der Waals surface area contributed by atoms with Gasteiger partial charge in [-0.1, -0.05) is 0 Å². The van der Waals surface area contributed by atoms with Gasteiger partial charge < -0.3 is 15.2 Å². The summed E-state index contributed by atoms with van der Waals surface area (Å²) >= 11 is 0. The first-order valence-electron chi connectivity index (χ1n) is 5.71. The summed E-state index contributed by atoms with van der Waals surface area (Å²) in [6.45, 7) is 2.02. The molecule has 0 atom stereocenters. The van der Waals surface area contributed by atoms with Crippen LogP contribution in [-0.2, 0) is 4.74 Å². The number of hydrogen-bond acceptors (Lipinski definition) is 3. The molecule has 0 aromatic heterocycles. The lowest BCUT2D eigenvalue weighted by Crippen LogP contribution is -2.25. The molecule has 1 aliphatic rings. The van der Waals surface area contributed by atoms with Crippen LogP contribution in [-0.4, -0.2) is 38.0 Å². The molecule has 14 heavy (non-hydrogen) atoms. The smallest absolute Gasteiger partial charge is 0.0571 e. The summed E-state index contributed by atoms with van der Waals surface area (Å²) < 4.78 is 5.33. The molecule has 0 bridgehead atoms. The molecule has 84 valence electrons.